The molecule has 0 aliphatic heterocycles. The highest BCUT2D eigenvalue weighted by molar-refractivity contribution is 5.66. The Morgan fingerprint density at radius 1 is 0.875 bits per heavy atom. The van der Waals surface area contributed by atoms with E-state index in [0.717, 1.165) is 22.7 Å². The van der Waals surface area contributed by atoms with E-state index in [1.807, 2.05) is 84.9 Å². The van der Waals surface area contributed by atoms with Crippen molar-refractivity contribution in [1.82, 2.24) is 0 Å². The molecule has 3 aromatic carbocycles. The SMILES string of the molecule is CC(=O)OC(N)(CCNc1ccc(Oc2ccccc2)cc1)CCOCc1ccccc1. The summed E-state index contributed by atoms with van der Waals surface area (Å²) in [5.41, 5.74) is 7.29. The monoisotopic (exact) mass is 434 g/mol. The van der Waals surface area contributed by atoms with Crippen molar-refractivity contribution >= 4 is 11.7 Å². The van der Waals surface area contributed by atoms with Crippen LogP contribution in [0.15, 0.2) is 84.9 Å². The molecule has 1 atom stereocenters. The van der Waals surface area contributed by atoms with Crippen molar-refractivity contribution in [3.63, 3.8) is 0 Å². The number of carbonyl (C=O) groups is 1. The molecule has 0 fully saturated rings. The van der Waals surface area contributed by atoms with Gasteiger partial charge in [0.05, 0.1) is 13.2 Å². The molecule has 6 heteroatoms. The predicted octanol–water partition coefficient (Wildman–Crippen LogP) is 5.11. The molecule has 0 saturated carbocycles. The number of carbonyl (C=O) groups excluding carboxylic acids is 1. The summed E-state index contributed by atoms with van der Waals surface area (Å²) in [6, 6.07) is 27.2. The van der Waals surface area contributed by atoms with Crippen LogP contribution < -0.4 is 15.8 Å². The first-order valence-electron chi connectivity index (χ1n) is 10.7. The molecule has 1 unspecified atom stereocenters. The number of hydrogen-bond acceptors (Lipinski definition) is 6. The summed E-state index contributed by atoms with van der Waals surface area (Å²) in [4.78, 5) is 11.6. The standard InChI is InChI=1S/C26H30N2O4/c1-21(29)32-26(27,17-19-30-20-22-8-4-2-5-9-22)16-18-28-23-12-14-25(15-13-23)31-24-10-6-3-7-11-24/h2-15,28H,16-20,27H2,1H3. The van der Waals surface area contributed by atoms with E-state index < -0.39 is 11.7 Å². The highest BCUT2D eigenvalue weighted by Crippen LogP contribution is 2.23. The summed E-state index contributed by atoms with van der Waals surface area (Å²) >= 11 is 0. The lowest BCUT2D eigenvalue weighted by atomic mass is 10.1. The molecule has 168 valence electrons. The van der Waals surface area contributed by atoms with E-state index in [2.05, 4.69) is 5.32 Å². The zero-order chi connectivity index (χ0) is 22.7. The van der Waals surface area contributed by atoms with E-state index in [-0.39, 0.29) is 0 Å². The molecule has 0 spiro atoms. The maximum Gasteiger partial charge on any atom is 0.304 e. The van der Waals surface area contributed by atoms with Crippen LogP contribution in [0.5, 0.6) is 11.5 Å². The van der Waals surface area contributed by atoms with Crippen LogP contribution in [0.4, 0.5) is 5.69 Å². The van der Waals surface area contributed by atoms with Crippen molar-refractivity contribution in [2.75, 3.05) is 18.5 Å². The van der Waals surface area contributed by atoms with Gasteiger partial charge in [-0.1, -0.05) is 48.5 Å². The fourth-order valence-corrected chi connectivity index (χ4v) is 3.21. The first-order chi connectivity index (χ1) is 15.5. The number of benzene rings is 3. The Hall–Kier alpha value is -3.35. The van der Waals surface area contributed by atoms with Crippen molar-refractivity contribution in [2.45, 2.75) is 32.1 Å². The van der Waals surface area contributed by atoms with E-state index in [1.165, 1.54) is 6.92 Å². The fourth-order valence-electron chi connectivity index (χ4n) is 3.21. The number of anilines is 1. The van der Waals surface area contributed by atoms with E-state index >= 15 is 0 Å². The van der Waals surface area contributed by atoms with Crippen LogP contribution in [-0.2, 0) is 20.9 Å². The summed E-state index contributed by atoms with van der Waals surface area (Å²) in [5.74, 6) is 1.14. The average molecular weight is 435 g/mol. The molecule has 3 aromatic rings. The topological polar surface area (TPSA) is 82.8 Å². The molecule has 0 aliphatic carbocycles. The minimum Gasteiger partial charge on any atom is -0.457 e. The second kappa shape index (κ2) is 11.9. The third-order valence-corrected chi connectivity index (χ3v) is 4.84. The molecule has 0 radical (unpaired) electrons. The molecule has 0 aliphatic rings. The Bertz CT molecular complexity index is 949. The molecule has 6 nitrogen and oxygen atoms in total. The van der Waals surface area contributed by atoms with Crippen LogP contribution in [0.3, 0.4) is 0 Å². The number of nitrogens with two attached hydrogens (primary N) is 1. The van der Waals surface area contributed by atoms with Gasteiger partial charge in [0.15, 0.2) is 5.72 Å². The van der Waals surface area contributed by atoms with Gasteiger partial charge in [0.25, 0.3) is 0 Å². The largest absolute Gasteiger partial charge is 0.457 e. The van der Waals surface area contributed by atoms with Gasteiger partial charge < -0.3 is 19.5 Å². The van der Waals surface area contributed by atoms with Crippen molar-refractivity contribution in [2.24, 2.45) is 5.73 Å². The summed E-state index contributed by atoms with van der Waals surface area (Å²) in [6.45, 7) is 2.80. The number of rotatable bonds is 12. The Morgan fingerprint density at radius 3 is 2.16 bits per heavy atom. The third kappa shape index (κ3) is 8.06. The second-order valence-corrected chi connectivity index (χ2v) is 7.56. The Kier molecular flexibility index (Phi) is 8.66. The van der Waals surface area contributed by atoms with Gasteiger partial charge in [-0.25, -0.2) is 0 Å². The summed E-state index contributed by atoms with van der Waals surface area (Å²) in [5, 5.41) is 3.31. The summed E-state index contributed by atoms with van der Waals surface area (Å²) in [6.07, 6.45) is 0.856. The molecule has 0 bridgehead atoms. The number of esters is 1. The van der Waals surface area contributed by atoms with Gasteiger partial charge in [0.1, 0.15) is 11.5 Å². The third-order valence-electron chi connectivity index (χ3n) is 4.84. The zero-order valence-electron chi connectivity index (χ0n) is 18.3. The normalized spacial score (nSPS) is 12.6. The highest BCUT2D eigenvalue weighted by Gasteiger charge is 2.28. The second-order valence-electron chi connectivity index (χ2n) is 7.56. The molecule has 32 heavy (non-hydrogen) atoms. The number of para-hydroxylation sites is 1. The van der Waals surface area contributed by atoms with Crippen LogP contribution in [0.1, 0.15) is 25.3 Å². The van der Waals surface area contributed by atoms with Crippen LogP contribution >= 0.6 is 0 Å². The van der Waals surface area contributed by atoms with Crippen molar-refractivity contribution in [3.8, 4) is 11.5 Å². The molecule has 0 amide bonds. The van der Waals surface area contributed by atoms with E-state index in [0.29, 0.717) is 32.6 Å². The van der Waals surface area contributed by atoms with Crippen LogP contribution in [-0.4, -0.2) is 24.8 Å². The fraction of sp³-hybridized carbons (Fsp3) is 0.269. The number of ether oxygens (including phenoxy) is 3. The number of hydrogen-bond donors (Lipinski definition) is 2. The van der Waals surface area contributed by atoms with Gasteiger partial charge in [-0.2, -0.15) is 0 Å². The van der Waals surface area contributed by atoms with Gasteiger partial charge in [0.2, 0.25) is 0 Å². The molecule has 0 aromatic heterocycles. The summed E-state index contributed by atoms with van der Waals surface area (Å²) in [7, 11) is 0. The van der Waals surface area contributed by atoms with Crippen LogP contribution in [0.25, 0.3) is 0 Å². The minimum atomic E-state index is -1.09. The first-order valence-corrected chi connectivity index (χ1v) is 10.7. The Labute approximate surface area is 189 Å². The molecule has 0 saturated heterocycles. The van der Waals surface area contributed by atoms with E-state index in [4.69, 9.17) is 19.9 Å². The van der Waals surface area contributed by atoms with Crippen molar-refractivity contribution in [3.05, 3.63) is 90.5 Å². The summed E-state index contributed by atoms with van der Waals surface area (Å²) < 4.78 is 16.9. The molecular weight excluding hydrogens is 404 g/mol. The molecule has 3 N–H and O–H groups in total. The minimum absolute atomic E-state index is 0.393. The van der Waals surface area contributed by atoms with E-state index in [1.54, 1.807) is 0 Å². The van der Waals surface area contributed by atoms with Gasteiger partial charge >= 0.3 is 5.97 Å². The Balaban J connectivity index is 1.45. The van der Waals surface area contributed by atoms with E-state index in [9.17, 15) is 4.79 Å². The molecule has 0 heterocycles. The van der Waals surface area contributed by atoms with Crippen LogP contribution in [0.2, 0.25) is 0 Å². The maximum atomic E-state index is 11.6. The lowest BCUT2D eigenvalue weighted by Crippen LogP contribution is -2.46. The highest BCUT2D eigenvalue weighted by atomic mass is 16.6. The Morgan fingerprint density at radius 2 is 1.50 bits per heavy atom. The van der Waals surface area contributed by atoms with Crippen LogP contribution in [0, 0.1) is 0 Å². The average Bonchev–Trinajstić information content (AvgIpc) is 2.79. The predicted molar refractivity (Wildman–Crippen MR) is 125 cm³/mol. The van der Waals surface area contributed by atoms with Crippen molar-refractivity contribution < 1.29 is 19.0 Å². The molecule has 3 rings (SSSR count). The van der Waals surface area contributed by atoms with Crippen molar-refractivity contribution in [1.29, 1.82) is 0 Å². The smallest absolute Gasteiger partial charge is 0.304 e. The lowest BCUT2D eigenvalue weighted by Gasteiger charge is -2.29. The zero-order valence-corrected chi connectivity index (χ0v) is 18.3. The number of nitrogens with one attached hydrogen (secondary N) is 1. The van der Waals surface area contributed by atoms with Gasteiger partial charge in [-0.05, 0) is 42.0 Å². The molecular formula is C26H30N2O4. The van der Waals surface area contributed by atoms with Gasteiger partial charge in [-0.15, -0.1) is 0 Å². The quantitative estimate of drug-likeness (QED) is 0.234. The van der Waals surface area contributed by atoms with Gasteiger partial charge in [-0.3, -0.25) is 10.5 Å². The first kappa shape index (κ1) is 23.3. The maximum absolute atomic E-state index is 11.6. The van der Waals surface area contributed by atoms with Gasteiger partial charge in [0, 0.05) is 32.0 Å². The lowest BCUT2D eigenvalue weighted by molar-refractivity contribution is -0.159.